The molecule has 25 heavy (non-hydrogen) atoms. The highest BCUT2D eigenvalue weighted by Gasteiger charge is 2.24. The van der Waals surface area contributed by atoms with Gasteiger partial charge < -0.3 is 9.42 Å². The number of anilines is 1. The van der Waals surface area contributed by atoms with Gasteiger partial charge >= 0.3 is 0 Å². The molecule has 9 nitrogen and oxygen atoms in total. The molecule has 1 aliphatic heterocycles. The number of hydrogen-bond acceptors (Lipinski definition) is 8. The largest absolute Gasteiger partial charge is 0.363 e. The Kier molecular flexibility index (Phi) is 4.90. The lowest BCUT2D eigenvalue weighted by molar-refractivity contribution is -0.384. The van der Waals surface area contributed by atoms with E-state index in [2.05, 4.69) is 15.0 Å². The van der Waals surface area contributed by atoms with Crippen molar-refractivity contribution in [2.24, 2.45) is 0 Å². The van der Waals surface area contributed by atoms with Crippen molar-refractivity contribution >= 4 is 11.4 Å². The Labute approximate surface area is 144 Å². The fourth-order valence-corrected chi connectivity index (χ4v) is 2.85. The third kappa shape index (κ3) is 3.75. The average Bonchev–Trinajstić information content (AvgIpc) is 3.09. The topological polar surface area (TPSA) is 112 Å². The normalized spacial score (nSPS) is 15.1. The summed E-state index contributed by atoms with van der Waals surface area (Å²) in [5.74, 6) is 1.29. The third-order valence-corrected chi connectivity index (χ3v) is 4.19. The highest BCUT2D eigenvalue weighted by atomic mass is 16.6. The van der Waals surface area contributed by atoms with Gasteiger partial charge in [-0.05, 0) is 12.1 Å². The fraction of sp³-hybridized carbons (Fsp3) is 0.438. The average molecular weight is 342 g/mol. The number of rotatable bonds is 5. The summed E-state index contributed by atoms with van der Waals surface area (Å²) in [6.45, 7) is 5.37. The lowest BCUT2D eigenvalue weighted by Gasteiger charge is -2.35. The van der Waals surface area contributed by atoms with Gasteiger partial charge in [0.15, 0.2) is 5.82 Å². The second-order valence-corrected chi connectivity index (χ2v) is 5.79. The molecule has 1 aromatic heterocycles. The van der Waals surface area contributed by atoms with Gasteiger partial charge in [0, 0.05) is 38.7 Å². The van der Waals surface area contributed by atoms with Gasteiger partial charge in [-0.3, -0.25) is 15.0 Å². The maximum atomic E-state index is 11.3. The number of aromatic nitrogens is 2. The van der Waals surface area contributed by atoms with E-state index in [1.54, 1.807) is 12.1 Å². The Morgan fingerprint density at radius 3 is 2.72 bits per heavy atom. The molecule has 130 valence electrons. The zero-order chi connectivity index (χ0) is 17.8. The summed E-state index contributed by atoms with van der Waals surface area (Å²) >= 11 is 0. The van der Waals surface area contributed by atoms with Crippen LogP contribution in [0.2, 0.25) is 0 Å². The molecule has 2 heterocycles. The van der Waals surface area contributed by atoms with Crippen LogP contribution in [-0.4, -0.2) is 46.1 Å². The first-order valence-electron chi connectivity index (χ1n) is 8.08. The van der Waals surface area contributed by atoms with Crippen molar-refractivity contribution in [1.29, 1.82) is 5.26 Å². The molecule has 1 aliphatic rings. The summed E-state index contributed by atoms with van der Waals surface area (Å²) in [7, 11) is 0. The van der Waals surface area contributed by atoms with Crippen LogP contribution in [0.3, 0.4) is 0 Å². The molecule has 0 radical (unpaired) electrons. The van der Waals surface area contributed by atoms with Crippen molar-refractivity contribution < 1.29 is 9.45 Å². The third-order valence-electron chi connectivity index (χ3n) is 4.19. The van der Waals surface area contributed by atoms with Crippen LogP contribution in [-0.2, 0) is 13.0 Å². The summed E-state index contributed by atoms with van der Waals surface area (Å²) < 4.78 is 5.11. The SMILES string of the molecule is CCc1nc(CN2CCN(c3ccc(C#N)cc3[N+](=O)[O-])CC2)no1. The minimum Gasteiger partial charge on any atom is -0.363 e. The van der Waals surface area contributed by atoms with E-state index < -0.39 is 4.92 Å². The lowest BCUT2D eigenvalue weighted by Crippen LogP contribution is -2.46. The molecule has 0 amide bonds. The summed E-state index contributed by atoms with van der Waals surface area (Å²) in [4.78, 5) is 19.3. The van der Waals surface area contributed by atoms with E-state index in [-0.39, 0.29) is 11.3 Å². The van der Waals surface area contributed by atoms with Crippen LogP contribution >= 0.6 is 0 Å². The first kappa shape index (κ1) is 16.9. The Balaban J connectivity index is 1.66. The highest BCUT2D eigenvalue weighted by molar-refractivity contribution is 5.65. The number of nitro groups is 1. The Morgan fingerprint density at radius 2 is 2.12 bits per heavy atom. The van der Waals surface area contributed by atoms with Crippen LogP contribution in [0.1, 0.15) is 24.2 Å². The molecule has 0 bridgehead atoms. The van der Waals surface area contributed by atoms with Crippen molar-refractivity contribution in [3.63, 3.8) is 0 Å². The van der Waals surface area contributed by atoms with Crippen molar-refractivity contribution in [3.05, 3.63) is 45.6 Å². The van der Waals surface area contributed by atoms with Crippen LogP contribution in [0, 0.1) is 21.4 Å². The monoisotopic (exact) mass is 342 g/mol. The van der Waals surface area contributed by atoms with Crippen molar-refractivity contribution in [1.82, 2.24) is 15.0 Å². The molecule has 9 heteroatoms. The molecule has 0 aliphatic carbocycles. The molecule has 1 saturated heterocycles. The molecule has 2 aromatic rings. The van der Waals surface area contributed by atoms with E-state index in [9.17, 15) is 10.1 Å². The van der Waals surface area contributed by atoms with Crippen molar-refractivity contribution in [3.8, 4) is 6.07 Å². The molecule has 0 spiro atoms. The van der Waals surface area contributed by atoms with Crippen LogP contribution in [0.4, 0.5) is 11.4 Å². The summed E-state index contributed by atoms with van der Waals surface area (Å²) in [5.41, 5.74) is 0.813. The minimum absolute atomic E-state index is 0.0294. The second-order valence-electron chi connectivity index (χ2n) is 5.79. The molecule has 3 rings (SSSR count). The first-order chi connectivity index (χ1) is 12.1. The van der Waals surface area contributed by atoms with Gasteiger partial charge in [0.25, 0.3) is 5.69 Å². The number of nitro benzene ring substituents is 1. The van der Waals surface area contributed by atoms with Crippen LogP contribution in [0.25, 0.3) is 0 Å². The van der Waals surface area contributed by atoms with Gasteiger partial charge in [0.1, 0.15) is 5.69 Å². The highest BCUT2D eigenvalue weighted by Crippen LogP contribution is 2.30. The van der Waals surface area contributed by atoms with Gasteiger partial charge in [-0.1, -0.05) is 12.1 Å². The standard InChI is InChI=1S/C16H18N6O3/c1-2-16-18-15(19-25-16)11-20-5-7-21(8-6-20)13-4-3-12(10-17)9-14(13)22(23)24/h3-4,9H,2,5-8,11H2,1H3. The molecule has 1 fully saturated rings. The smallest absolute Gasteiger partial charge is 0.293 e. The zero-order valence-corrected chi connectivity index (χ0v) is 13.9. The molecule has 0 saturated carbocycles. The van der Waals surface area contributed by atoms with E-state index in [1.807, 2.05) is 17.9 Å². The Hall–Kier alpha value is -2.99. The quantitative estimate of drug-likeness (QED) is 0.596. The number of benzene rings is 1. The van der Waals surface area contributed by atoms with E-state index in [0.29, 0.717) is 43.5 Å². The Bertz CT molecular complexity index is 804. The number of nitrogens with zero attached hydrogens (tertiary/aromatic N) is 6. The van der Waals surface area contributed by atoms with Crippen molar-refractivity contribution in [2.45, 2.75) is 19.9 Å². The molecule has 1 aromatic carbocycles. The van der Waals surface area contributed by atoms with Crippen LogP contribution in [0.5, 0.6) is 0 Å². The Morgan fingerprint density at radius 1 is 1.36 bits per heavy atom. The molecular weight excluding hydrogens is 324 g/mol. The van der Waals surface area contributed by atoms with Crippen LogP contribution in [0.15, 0.2) is 22.7 Å². The van der Waals surface area contributed by atoms with Crippen LogP contribution < -0.4 is 4.90 Å². The fourth-order valence-electron chi connectivity index (χ4n) is 2.85. The predicted octanol–water partition coefficient (Wildman–Crippen LogP) is 1.73. The predicted molar refractivity (Wildman–Crippen MR) is 89.0 cm³/mol. The van der Waals surface area contributed by atoms with Crippen molar-refractivity contribution in [2.75, 3.05) is 31.1 Å². The van der Waals surface area contributed by atoms with E-state index >= 15 is 0 Å². The van der Waals surface area contributed by atoms with Gasteiger partial charge in [-0.15, -0.1) is 0 Å². The lowest BCUT2D eigenvalue weighted by atomic mass is 10.1. The number of piperazine rings is 1. The van der Waals surface area contributed by atoms with Gasteiger partial charge in [-0.25, -0.2) is 0 Å². The van der Waals surface area contributed by atoms with Gasteiger partial charge in [0.05, 0.1) is 23.1 Å². The summed E-state index contributed by atoms with van der Waals surface area (Å²) in [6.07, 6.45) is 0.711. The zero-order valence-electron chi connectivity index (χ0n) is 13.9. The van der Waals surface area contributed by atoms with Gasteiger partial charge in [-0.2, -0.15) is 10.2 Å². The summed E-state index contributed by atoms with van der Waals surface area (Å²) in [6, 6.07) is 6.53. The van der Waals surface area contributed by atoms with Gasteiger partial charge in [0.2, 0.25) is 5.89 Å². The maximum Gasteiger partial charge on any atom is 0.293 e. The molecule has 0 atom stereocenters. The molecular formula is C16H18N6O3. The second kappa shape index (κ2) is 7.27. The molecule has 0 N–H and O–H groups in total. The minimum atomic E-state index is -0.436. The number of nitriles is 1. The first-order valence-corrected chi connectivity index (χ1v) is 8.08. The van der Waals surface area contributed by atoms with E-state index in [1.165, 1.54) is 6.07 Å². The van der Waals surface area contributed by atoms with E-state index in [4.69, 9.17) is 9.78 Å². The maximum absolute atomic E-state index is 11.3. The van der Waals surface area contributed by atoms with E-state index in [0.717, 1.165) is 13.1 Å². The molecule has 0 unspecified atom stereocenters. The number of aryl methyl sites for hydroxylation is 1. The number of hydrogen-bond donors (Lipinski definition) is 0. The summed E-state index contributed by atoms with van der Waals surface area (Å²) in [5, 5.41) is 24.2.